The van der Waals surface area contributed by atoms with E-state index in [-0.39, 0.29) is 5.60 Å². The van der Waals surface area contributed by atoms with E-state index in [4.69, 9.17) is 4.74 Å². The number of nitrogens with one attached hydrogen (secondary N) is 2. The molecular weight excluding hydrogens is 224 g/mol. The molecule has 3 nitrogen and oxygen atoms in total. The van der Waals surface area contributed by atoms with Crippen LogP contribution in [-0.4, -0.2) is 23.7 Å². The number of rotatable bonds is 4. The summed E-state index contributed by atoms with van der Waals surface area (Å²) in [6.45, 7) is 4.93. The Morgan fingerprint density at radius 1 is 1.39 bits per heavy atom. The smallest absolute Gasteiger partial charge is 0.0779 e. The molecule has 2 N–H and O–H groups in total. The van der Waals surface area contributed by atoms with Gasteiger partial charge >= 0.3 is 0 Å². The van der Waals surface area contributed by atoms with Crippen molar-refractivity contribution in [2.45, 2.75) is 31.9 Å². The van der Waals surface area contributed by atoms with Gasteiger partial charge < -0.3 is 15.0 Å². The monoisotopic (exact) mass is 244 g/mol. The second-order valence-corrected chi connectivity index (χ2v) is 5.40. The molecule has 1 aromatic heterocycles. The Kier molecular flexibility index (Phi) is 3.10. The van der Waals surface area contributed by atoms with Gasteiger partial charge in [-0.1, -0.05) is 12.1 Å². The van der Waals surface area contributed by atoms with Crippen LogP contribution in [0.3, 0.4) is 0 Å². The predicted molar refractivity (Wildman–Crippen MR) is 73.6 cm³/mol. The molecule has 1 aliphatic heterocycles. The molecule has 1 aromatic carbocycles. The minimum Gasteiger partial charge on any atom is -0.374 e. The minimum absolute atomic E-state index is 0.0382. The average molecular weight is 244 g/mol. The fourth-order valence-corrected chi connectivity index (χ4v) is 2.65. The third kappa shape index (κ3) is 2.42. The highest BCUT2D eigenvalue weighted by Crippen LogP contribution is 2.24. The van der Waals surface area contributed by atoms with Crippen molar-refractivity contribution in [1.29, 1.82) is 0 Å². The summed E-state index contributed by atoms with van der Waals surface area (Å²) < 4.78 is 5.77. The van der Waals surface area contributed by atoms with Crippen molar-refractivity contribution in [3.8, 4) is 0 Å². The summed E-state index contributed by atoms with van der Waals surface area (Å²) in [5.41, 5.74) is 2.56. The van der Waals surface area contributed by atoms with E-state index in [1.807, 2.05) is 6.20 Å². The Labute approximate surface area is 108 Å². The highest BCUT2D eigenvalue weighted by atomic mass is 16.5. The second kappa shape index (κ2) is 4.75. The molecule has 0 radical (unpaired) electrons. The van der Waals surface area contributed by atoms with Crippen LogP contribution in [0.4, 0.5) is 0 Å². The largest absolute Gasteiger partial charge is 0.374 e. The molecule has 1 saturated heterocycles. The quantitative estimate of drug-likeness (QED) is 0.867. The lowest BCUT2D eigenvalue weighted by Crippen LogP contribution is -2.36. The van der Waals surface area contributed by atoms with Crippen LogP contribution >= 0.6 is 0 Å². The van der Waals surface area contributed by atoms with E-state index in [2.05, 4.69) is 41.5 Å². The highest BCUT2D eigenvalue weighted by Gasteiger charge is 2.28. The standard InChI is InChI=1S/C15H20N2O/c1-15(6-2-8-18-15)11-16-10-12-3-4-13-5-7-17-14(13)9-12/h3-5,7,9,16-17H,2,6,8,10-11H2,1H3. The summed E-state index contributed by atoms with van der Waals surface area (Å²) in [5.74, 6) is 0. The molecule has 1 unspecified atom stereocenters. The Morgan fingerprint density at radius 2 is 2.33 bits per heavy atom. The number of hydrogen-bond donors (Lipinski definition) is 2. The van der Waals surface area contributed by atoms with E-state index in [1.165, 1.54) is 22.9 Å². The minimum atomic E-state index is 0.0382. The maximum Gasteiger partial charge on any atom is 0.0779 e. The molecule has 0 aliphatic carbocycles. The summed E-state index contributed by atoms with van der Waals surface area (Å²) in [7, 11) is 0. The van der Waals surface area contributed by atoms with Crippen molar-refractivity contribution in [1.82, 2.24) is 10.3 Å². The molecule has 18 heavy (non-hydrogen) atoms. The highest BCUT2D eigenvalue weighted by molar-refractivity contribution is 5.79. The van der Waals surface area contributed by atoms with Crippen LogP contribution < -0.4 is 5.32 Å². The van der Waals surface area contributed by atoms with Gasteiger partial charge in [0.1, 0.15) is 0 Å². The van der Waals surface area contributed by atoms with Crippen LogP contribution in [0.2, 0.25) is 0 Å². The molecule has 2 heterocycles. The molecule has 1 atom stereocenters. The zero-order valence-corrected chi connectivity index (χ0v) is 10.8. The molecule has 0 amide bonds. The molecule has 1 fully saturated rings. The number of aromatic amines is 1. The Balaban J connectivity index is 1.59. The van der Waals surface area contributed by atoms with Crippen molar-refractivity contribution in [3.05, 3.63) is 36.0 Å². The molecule has 0 bridgehead atoms. The predicted octanol–water partition coefficient (Wildman–Crippen LogP) is 2.83. The number of H-pyrrole nitrogens is 1. The van der Waals surface area contributed by atoms with Crippen molar-refractivity contribution >= 4 is 10.9 Å². The molecule has 3 heteroatoms. The summed E-state index contributed by atoms with van der Waals surface area (Å²) in [6, 6.07) is 8.65. The first kappa shape index (κ1) is 11.8. The molecule has 3 rings (SSSR count). The van der Waals surface area contributed by atoms with E-state index in [0.717, 1.165) is 26.1 Å². The lowest BCUT2D eigenvalue weighted by Gasteiger charge is -2.23. The van der Waals surface area contributed by atoms with Crippen molar-refractivity contribution < 1.29 is 4.74 Å². The zero-order chi connectivity index (χ0) is 12.4. The average Bonchev–Trinajstić information content (AvgIpc) is 2.97. The molecule has 2 aromatic rings. The number of aromatic nitrogens is 1. The van der Waals surface area contributed by atoms with Crippen LogP contribution in [0.1, 0.15) is 25.3 Å². The topological polar surface area (TPSA) is 37.0 Å². The molecule has 0 saturated carbocycles. The second-order valence-electron chi connectivity index (χ2n) is 5.40. The number of benzene rings is 1. The van der Waals surface area contributed by atoms with Gasteiger partial charge in [0.2, 0.25) is 0 Å². The van der Waals surface area contributed by atoms with E-state index in [1.54, 1.807) is 0 Å². The SMILES string of the molecule is CC1(CNCc2ccc3cc[nH]c3c2)CCCO1. The van der Waals surface area contributed by atoms with Gasteiger partial charge in [-0.3, -0.25) is 0 Å². The Hall–Kier alpha value is -1.32. The van der Waals surface area contributed by atoms with E-state index >= 15 is 0 Å². The summed E-state index contributed by atoms with van der Waals surface area (Å²) >= 11 is 0. The van der Waals surface area contributed by atoms with Crippen LogP contribution in [0.15, 0.2) is 30.5 Å². The van der Waals surface area contributed by atoms with Crippen LogP contribution in [0.5, 0.6) is 0 Å². The first-order valence-electron chi connectivity index (χ1n) is 6.66. The first-order valence-corrected chi connectivity index (χ1v) is 6.66. The lowest BCUT2D eigenvalue weighted by atomic mass is 10.0. The van der Waals surface area contributed by atoms with Gasteiger partial charge in [0.25, 0.3) is 0 Å². The fraction of sp³-hybridized carbons (Fsp3) is 0.467. The molecule has 96 valence electrons. The lowest BCUT2D eigenvalue weighted by molar-refractivity contribution is 0.0207. The number of ether oxygens (including phenoxy) is 1. The first-order chi connectivity index (χ1) is 8.75. The molecule has 1 aliphatic rings. The number of hydrogen-bond acceptors (Lipinski definition) is 2. The normalized spacial score (nSPS) is 23.8. The van der Waals surface area contributed by atoms with Gasteiger partial charge in [0, 0.05) is 31.4 Å². The van der Waals surface area contributed by atoms with Crippen LogP contribution in [0, 0.1) is 0 Å². The van der Waals surface area contributed by atoms with Crippen LogP contribution in [0.25, 0.3) is 10.9 Å². The van der Waals surface area contributed by atoms with Gasteiger partial charge in [0.05, 0.1) is 5.60 Å². The van der Waals surface area contributed by atoms with E-state index < -0.39 is 0 Å². The maximum atomic E-state index is 5.77. The van der Waals surface area contributed by atoms with E-state index in [0.29, 0.717) is 0 Å². The maximum absolute atomic E-state index is 5.77. The van der Waals surface area contributed by atoms with Gasteiger partial charge in [-0.25, -0.2) is 0 Å². The Bertz CT molecular complexity index is 526. The summed E-state index contributed by atoms with van der Waals surface area (Å²) in [5, 5.41) is 4.77. The van der Waals surface area contributed by atoms with Crippen molar-refractivity contribution in [2.24, 2.45) is 0 Å². The van der Waals surface area contributed by atoms with Crippen LogP contribution in [-0.2, 0) is 11.3 Å². The summed E-state index contributed by atoms with van der Waals surface area (Å²) in [6.07, 6.45) is 4.33. The fourth-order valence-electron chi connectivity index (χ4n) is 2.65. The van der Waals surface area contributed by atoms with Crippen molar-refractivity contribution in [2.75, 3.05) is 13.2 Å². The Morgan fingerprint density at radius 3 is 3.17 bits per heavy atom. The zero-order valence-electron chi connectivity index (χ0n) is 10.8. The van der Waals surface area contributed by atoms with Gasteiger partial charge in [0.15, 0.2) is 0 Å². The summed E-state index contributed by atoms with van der Waals surface area (Å²) in [4.78, 5) is 3.25. The third-order valence-corrected chi connectivity index (χ3v) is 3.75. The molecule has 0 spiro atoms. The van der Waals surface area contributed by atoms with E-state index in [9.17, 15) is 0 Å². The van der Waals surface area contributed by atoms with Gasteiger partial charge in [-0.15, -0.1) is 0 Å². The van der Waals surface area contributed by atoms with Crippen molar-refractivity contribution in [3.63, 3.8) is 0 Å². The number of fused-ring (bicyclic) bond motifs is 1. The molecular formula is C15H20N2O. The third-order valence-electron chi connectivity index (χ3n) is 3.75. The van der Waals surface area contributed by atoms with Gasteiger partial charge in [-0.05, 0) is 42.8 Å². The van der Waals surface area contributed by atoms with Gasteiger partial charge in [-0.2, -0.15) is 0 Å².